The number of hydrogen-bond acceptors (Lipinski definition) is 4. The van der Waals surface area contributed by atoms with Gasteiger partial charge >= 0.3 is 0 Å². The van der Waals surface area contributed by atoms with Crippen LogP contribution in [0.5, 0.6) is 5.75 Å². The van der Waals surface area contributed by atoms with Crippen molar-refractivity contribution in [2.75, 3.05) is 0 Å². The summed E-state index contributed by atoms with van der Waals surface area (Å²) < 4.78 is 7.10. The lowest BCUT2D eigenvalue weighted by Crippen LogP contribution is -2.29. The number of ether oxygens (including phenoxy) is 1. The molecular formula is C11H12N4O2. The van der Waals surface area contributed by atoms with E-state index in [0.29, 0.717) is 18.0 Å². The summed E-state index contributed by atoms with van der Waals surface area (Å²) in [5.41, 5.74) is 2.52. The number of nitrogens with two attached hydrogens (primary N) is 1. The Hall–Kier alpha value is -2.34. The number of aromatic nitrogens is 2. The third-order valence-corrected chi connectivity index (χ3v) is 2.15. The van der Waals surface area contributed by atoms with Gasteiger partial charge in [0.1, 0.15) is 5.75 Å². The van der Waals surface area contributed by atoms with Crippen molar-refractivity contribution < 1.29 is 9.53 Å². The van der Waals surface area contributed by atoms with E-state index in [4.69, 9.17) is 10.6 Å². The summed E-state index contributed by atoms with van der Waals surface area (Å²) in [6.07, 6.45) is 3.46. The molecule has 17 heavy (non-hydrogen) atoms. The van der Waals surface area contributed by atoms with Crippen LogP contribution in [0.1, 0.15) is 10.4 Å². The third-order valence-electron chi connectivity index (χ3n) is 2.15. The van der Waals surface area contributed by atoms with Gasteiger partial charge in [0, 0.05) is 18.0 Å². The summed E-state index contributed by atoms with van der Waals surface area (Å²) >= 11 is 0. The number of nitrogen functional groups attached to an aromatic ring is 1. The molecule has 3 N–H and O–H groups in total. The molecule has 0 saturated heterocycles. The molecule has 0 radical (unpaired) electrons. The number of benzene rings is 1. The van der Waals surface area contributed by atoms with Gasteiger partial charge in [0.15, 0.2) is 6.73 Å². The highest BCUT2D eigenvalue weighted by Crippen LogP contribution is 2.13. The van der Waals surface area contributed by atoms with Crippen LogP contribution in [0, 0.1) is 0 Å². The van der Waals surface area contributed by atoms with E-state index >= 15 is 0 Å². The molecule has 0 fully saturated rings. The first-order valence-electron chi connectivity index (χ1n) is 5.01. The van der Waals surface area contributed by atoms with Crippen molar-refractivity contribution in [1.82, 2.24) is 15.2 Å². The van der Waals surface area contributed by atoms with Crippen LogP contribution in [0.2, 0.25) is 0 Å². The van der Waals surface area contributed by atoms with Crippen molar-refractivity contribution in [2.24, 2.45) is 5.84 Å². The minimum absolute atomic E-state index is 0.292. The van der Waals surface area contributed by atoms with Crippen LogP contribution in [0.4, 0.5) is 0 Å². The Morgan fingerprint density at radius 1 is 1.47 bits per heavy atom. The summed E-state index contributed by atoms with van der Waals surface area (Å²) in [4.78, 5) is 11.3. The largest absolute Gasteiger partial charge is 0.471 e. The van der Waals surface area contributed by atoms with Crippen molar-refractivity contribution in [3.8, 4) is 5.75 Å². The zero-order valence-electron chi connectivity index (χ0n) is 9.04. The fourth-order valence-electron chi connectivity index (χ4n) is 1.33. The number of amides is 1. The zero-order valence-corrected chi connectivity index (χ0v) is 9.04. The maximum absolute atomic E-state index is 11.3. The maximum Gasteiger partial charge on any atom is 0.265 e. The average molecular weight is 232 g/mol. The van der Waals surface area contributed by atoms with Gasteiger partial charge in [-0.3, -0.25) is 10.2 Å². The second kappa shape index (κ2) is 5.13. The van der Waals surface area contributed by atoms with Gasteiger partial charge in [-0.05, 0) is 24.3 Å². The molecule has 0 aliphatic carbocycles. The molecule has 0 unspecified atom stereocenters. The van der Waals surface area contributed by atoms with Crippen molar-refractivity contribution in [3.05, 3.63) is 48.3 Å². The Morgan fingerprint density at radius 2 is 2.35 bits per heavy atom. The Kier molecular flexibility index (Phi) is 3.37. The van der Waals surface area contributed by atoms with Gasteiger partial charge in [0.25, 0.3) is 5.91 Å². The predicted octanol–water partition coefficient (Wildman–Crippen LogP) is 0.523. The number of nitrogens with zero attached hydrogens (tertiary/aromatic N) is 2. The van der Waals surface area contributed by atoms with Crippen molar-refractivity contribution in [3.63, 3.8) is 0 Å². The van der Waals surface area contributed by atoms with Crippen molar-refractivity contribution in [2.45, 2.75) is 6.73 Å². The summed E-state index contributed by atoms with van der Waals surface area (Å²) in [6.45, 7) is 0.292. The number of nitrogens with one attached hydrogen (secondary N) is 1. The quantitative estimate of drug-likeness (QED) is 0.457. The lowest BCUT2D eigenvalue weighted by atomic mass is 10.2. The topological polar surface area (TPSA) is 82.2 Å². The minimum atomic E-state index is -0.352. The molecule has 1 aromatic heterocycles. The average Bonchev–Trinajstić information content (AvgIpc) is 2.89. The summed E-state index contributed by atoms with van der Waals surface area (Å²) in [6, 6.07) is 8.57. The fraction of sp³-hybridized carbons (Fsp3) is 0.0909. The Morgan fingerprint density at radius 3 is 3.06 bits per heavy atom. The SMILES string of the molecule is NNC(=O)c1cccc(OCn2cccn2)c1. The van der Waals surface area contributed by atoms with Crippen LogP contribution in [-0.2, 0) is 6.73 Å². The lowest BCUT2D eigenvalue weighted by Gasteiger charge is -2.07. The second-order valence-corrected chi connectivity index (χ2v) is 3.32. The Bertz CT molecular complexity index is 496. The van der Waals surface area contributed by atoms with E-state index in [2.05, 4.69) is 10.5 Å². The molecule has 1 heterocycles. The molecule has 0 bridgehead atoms. The van der Waals surface area contributed by atoms with Crippen LogP contribution >= 0.6 is 0 Å². The number of carbonyl (C=O) groups is 1. The molecule has 0 aliphatic heterocycles. The molecule has 1 amide bonds. The maximum atomic E-state index is 11.3. The smallest absolute Gasteiger partial charge is 0.265 e. The lowest BCUT2D eigenvalue weighted by molar-refractivity contribution is 0.0953. The molecule has 0 atom stereocenters. The molecule has 1 aromatic carbocycles. The number of rotatable bonds is 4. The fourth-order valence-corrected chi connectivity index (χ4v) is 1.33. The second-order valence-electron chi connectivity index (χ2n) is 3.32. The minimum Gasteiger partial charge on any atom is -0.471 e. The van der Waals surface area contributed by atoms with E-state index in [1.54, 1.807) is 41.3 Å². The van der Waals surface area contributed by atoms with E-state index in [1.165, 1.54) is 0 Å². The molecule has 88 valence electrons. The van der Waals surface area contributed by atoms with Crippen LogP contribution in [0.15, 0.2) is 42.7 Å². The molecule has 2 aromatic rings. The Labute approximate surface area is 98.0 Å². The van der Waals surface area contributed by atoms with E-state index < -0.39 is 0 Å². The molecule has 6 heteroatoms. The van der Waals surface area contributed by atoms with Gasteiger partial charge < -0.3 is 4.74 Å². The summed E-state index contributed by atoms with van der Waals surface area (Å²) in [5, 5.41) is 4.00. The van der Waals surface area contributed by atoms with E-state index in [-0.39, 0.29) is 5.91 Å². The summed E-state index contributed by atoms with van der Waals surface area (Å²) in [5.74, 6) is 5.28. The van der Waals surface area contributed by atoms with Crippen LogP contribution < -0.4 is 16.0 Å². The van der Waals surface area contributed by atoms with Gasteiger partial charge in [-0.1, -0.05) is 6.07 Å². The standard InChI is InChI=1S/C11H12N4O2/c12-14-11(16)9-3-1-4-10(7-9)17-8-15-6-2-5-13-15/h1-7H,8,12H2,(H,14,16). The van der Waals surface area contributed by atoms with Gasteiger partial charge in [0.2, 0.25) is 0 Å². The number of carbonyl (C=O) groups excluding carboxylic acids is 1. The third kappa shape index (κ3) is 2.82. The predicted molar refractivity (Wildman–Crippen MR) is 61.0 cm³/mol. The summed E-state index contributed by atoms with van der Waals surface area (Å²) in [7, 11) is 0. The normalized spacial score (nSPS) is 9.94. The molecule has 2 rings (SSSR count). The Balaban J connectivity index is 2.03. The van der Waals surface area contributed by atoms with E-state index in [9.17, 15) is 4.79 Å². The molecular weight excluding hydrogens is 220 g/mol. The highest BCUT2D eigenvalue weighted by Gasteiger charge is 2.04. The molecule has 0 spiro atoms. The molecule has 0 aliphatic rings. The molecule has 6 nitrogen and oxygen atoms in total. The first kappa shape index (κ1) is 11.2. The van der Waals surface area contributed by atoms with Crippen LogP contribution in [0.25, 0.3) is 0 Å². The number of hydrazine groups is 1. The van der Waals surface area contributed by atoms with Crippen molar-refractivity contribution in [1.29, 1.82) is 0 Å². The van der Waals surface area contributed by atoms with Crippen LogP contribution in [0.3, 0.4) is 0 Å². The van der Waals surface area contributed by atoms with Crippen molar-refractivity contribution >= 4 is 5.91 Å². The van der Waals surface area contributed by atoms with Gasteiger partial charge in [-0.15, -0.1) is 0 Å². The molecule has 0 saturated carbocycles. The van der Waals surface area contributed by atoms with E-state index in [0.717, 1.165) is 0 Å². The highest BCUT2D eigenvalue weighted by atomic mass is 16.5. The van der Waals surface area contributed by atoms with Gasteiger partial charge in [0.05, 0.1) is 0 Å². The monoisotopic (exact) mass is 232 g/mol. The van der Waals surface area contributed by atoms with E-state index in [1.807, 2.05) is 6.07 Å². The number of hydrogen-bond donors (Lipinski definition) is 2. The first-order chi connectivity index (χ1) is 8.29. The van der Waals surface area contributed by atoms with Crippen LogP contribution in [-0.4, -0.2) is 15.7 Å². The first-order valence-corrected chi connectivity index (χ1v) is 5.01. The van der Waals surface area contributed by atoms with Gasteiger partial charge in [-0.2, -0.15) is 5.10 Å². The zero-order chi connectivity index (χ0) is 12.1. The van der Waals surface area contributed by atoms with Gasteiger partial charge in [-0.25, -0.2) is 10.5 Å². The highest BCUT2D eigenvalue weighted by molar-refractivity contribution is 5.94.